The molecule has 0 saturated carbocycles. The van der Waals surface area contributed by atoms with E-state index in [9.17, 15) is 23.1 Å². The van der Waals surface area contributed by atoms with E-state index in [0.717, 1.165) is 12.1 Å². The van der Waals surface area contributed by atoms with Crippen molar-refractivity contribution in [2.45, 2.75) is 12.3 Å². The number of hydrogen-bond acceptors (Lipinski definition) is 7. The van der Waals surface area contributed by atoms with Gasteiger partial charge in [0, 0.05) is 12.1 Å². The molecule has 1 atom stereocenters. The maximum absolute atomic E-state index is 12.6. The van der Waals surface area contributed by atoms with Gasteiger partial charge in [0.1, 0.15) is 5.69 Å². The lowest BCUT2D eigenvalue weighted by molar-refractivity contribution is -0.137. The summed E-state index contributed by atoms with van der Waals surface area (Å²) in [6.45, 7) is -0.582. The van der Waals surface area contributed by atoms with Gasteiger partial charge in [0.2, 0.25) is 0 Å². The molecule has 0 spiro atoms. The zero-order valence-electron chi connectivity index (χ0n) is 15.3. The van der Waals surface area contributed by atoms with Gasteiger partial charge in [0.15, 0.2) is 5.76 Å². The van der Waals surface area contributed by atoms with Crippen molar-refractivity contribution in [1.82, 2.24) is 15.3 Å². The summed E-state index contributed by atoms with van der Waals surface area (Å²) >= 11 is 0. The monoisotopic (exact) mass is 422 g/mol. The quantitative estimate of drug-likeness (QED) is 0.462. The molecule has 158 valence electrons. The second-order valence-corrected chi connectivity index (χ2v) is 6.21. The van der Waals surface area contributed by atoms with E-state index in [-0.39, 0.29) is 24.0 Å². The topological polar surface area (TPSA) is 121 Å². The van der Waals surface area contributed by atoms with Crippen LogP contribution in [-0.2, 0) is 6.18 Å². The fourth-order valence-corrected chi connectivity index (χ4v) is 2.38. The number of aromatic nitrogens is 2. The third-order valence-corrected chi connectivity index (χ3v) is 3.96. The van der Waals surface area contributed by atoms with Gasteiger partial charge in [-0.1, -0.05) is 12.1 Å². The fourth-order valence-electron chi connectivity index (χ4n) is 2.38. The molecule has 11 heteroatoms. The zero-order valence-corrected chi connectivity index (χ0v) is 15.3. The van der Waals surface area contributed by atoms with Gasteiger partial charge in [-0.15, -0.1) is 0 Å². The van der Waals surface area contributed by atoms with Crippen LogP contribution in [0.25, 0.3) is 11.3 Å². The molecule has 0 aliphatic heterocycles. The number of carbonyl (C=O) groups is 1. The van der Waals surface area contributed by atoms with Crippen LogP contribution in [0.15, 0.2) is 53.2 Å². The first kappa shape index (κ1) is 21.3. The molecule has 0 aliphatic carbocycles. The molecule has 30 heavy (non-hydrogen) atoms. The van der Waals surface area contributed by atoms with E-state index in [1.807, 2.05) is 0 Å². The van der Waals surface area contributed by atoms with Gasteiger partial charge < -0.3 is 25.3 Å². The highest BCUT2D eigenvalue weighted by Gasteiger charge is 2.30. The van der Waals surface area contributed by atoms with Crippen molar-refractivity contribution in [3.8, 4) is 11.3 Å². The van der Waals surface area contributed by atoms with Crippen LogP contribution in [0.1, 0.15) is 16.1 Å². The maximum atomic E-state index is 12.6. The highest BCUT2D eigenvalue weighted by molar-refractivity contribution is 5.92. The Morgan fingerprint density at radius 1 is 1.10 bits per heavy atom. The number of anilines is 2. The second-order valence-electron chi connectivity index (χ2n) is 6.21. The minimum atomic E-state index is -4.42. The minimum absolute atomic E-state index is 0.0926. The molecule has 8 nitrogen and oxygen atoms in total. The van der Waals surface area contributed by atoms with Gasteiger partial charge in [-0.25, -0.2) is 9.97 Å². The van der Waals surface area contributed by atoms with Gasteiger partial charge in [-0.3, -0.25) is 4.79 Å². The molecule has 3 aromatic rings. The number of aliphatic hydroxyl groups excluding tert-OH is 2. The van der Waals surface area contributed by atoms with Gasteiger partial charge in [-0.05, 0) is 24.3 Å². The number of benzene rings is 1. The molecule has 0 fully saturated rings. The number of carbonyl (C=O) groups excluding carboxylic acids is 1. The summed E-state index contributed by atoms with van der Waals surface area (Å²) in [7, 11) is 0. The Labute approximate surface area is 168 Å². The van der Waals surface area contributed by atoms with Gasteiger partial charge in [0.05, 0.1) is 36.4 Å². The Bertz CT molecular complexity index is 988. The first-order valence-electron chi connectivity index (χ1n) is 8.70. The number of hydrogen-bond donors (Lipinski definition) is 4. The highest BCUT2D eigenvalue weighted by Crippen LogP contribution is 2.31. The predicted octanol–water partition coefficient (Wildman–Crippen LogP) is 2.58. The summed E-state index contributed by atoms with van der Waals surface area (Å²) in [4.78, 5) is 19.9. The van der Waals surface area contributed by atoms with Crippen LogP contribution < -0.4 is 10.6 Å². The lowest BCUT2D eigenvalue weighted by Gasteiger charge is -2.09. The average molecular weight is 422 g/mol. The zero-order chi connectivity index (χ0) is 21.7. The molecule has 3 rings (SSSR count). The van der Waals surface area contributed by atoms with E-state index < -0.39 is 30.4 Å². The molecule has 0 aliphatic rings. The maximum Gasteiger partial charge on any atom is 0.416 e. The molecular formula is C19H17F3N4O4. The van der Waals surface area contributed by atoms with E-state index >= 15 is 0 Å². The van der Waals surface area contributed by atoms with Crippen molar-refractivity contribution in [2.75, 3.05) is 18.5 Å². The fraction of sp³-hybridized carbons (Fsp3) is 0.211. The summed E-state index contributed by atoms with van der Waals surface area (Å²) in [5.74, 6) is -0.243. The number of halogens is 3. The van der Waals surface area contributed by atoms with E-state index in [0.29, 0.717) is 11.3 Å². The van der Waals surface area contributed by atoms with Gasteiger partial charge >= 0.3 is 6.18 Å². The van der Waals surface area contributed by atoms with E-state index in [1.165, 1.54) is 30.6 Å². The van der Waals surface area contributed by atoms with Crippen LogP contribution >= 0.6 is 0 Å². The molecule has 4 N–H and O–H groups in total. The SMILES string of the molecule is O=C(NCC(O)CO)c1ccc(Nc2ncc(-c3ccc(C(F)(F)F)cc3)o2)cn1. The van der Waals surface area contributed by atoms with Gasteiger partial charge in [0.25, 0.3) is 11.9 Å². The van der Waals surface area contributed by atoms with Crippen molar-refractivity contribution in [3.05, 3.63) is 60.0 Å². The standard InChI is InChI=1S/C19H17F3N4O4/c20-19(21,22)12-3-1-11(2-4-12)16-9-25-18(30-16)26-13-5-6-15(23-7-13)17(29)24-8-14(28)10-27/h1-7,9,14,27-28H,8,10H2,(H,24,29)(H,25,26). The van der Waals surface area contributed by atoms with E-state index in [4.69, 9.17) is 9.52 Å². The molecule has 2 heterocycles. The number of aliphatic hydroxyl groups is 2. The molecule has 0 bridgehead atoms. The number of oxazole rings is 1. The van der Waals surface area contributed by atoms with E-state index in [2.05, 4.69) is 20.6 Å². The third-order valence-electron chi connectivity index (χ3n) is 3.96. The van der Waals surface area contributed by atoms with Crippen molar-refractivity contribution in [2.24, 2.45) is 0 Å². The molecule has 2 aromatic heterocycles. The smallest absolute Gasteiger partial charge is 0.416 e. The van der Waals surface area contributed by atoms with E-state index in [1.54, 1.807) is 6.07 Å². The van der Waals surface area contributed by atoms with Crippen LogP contribution in [0.5, 0.6) is 0 Å². The molecule has 0 radical (unpaired) electrons. The summed E-state index contributed by atoms with van der Waals surface area (Å²) in [5, 5.41) is 23.2. The van der Waals surface area contributed by atoms with Crippen LogP contribution in [0, 0.1) is 0 Å². The molecule has 0 saturated heterocycles. The van der Waals surface area contributed by atoms with Crippen LogP contribution in [-0.4, -0.2) is 45.3 Å². The molecule has 1 amide bonds. The number of alkyl halides is 3. The number of nitrogens with zero attached hydrogens (tertiary/aromatic N) is 2. The number of rotatable bonds is 7. The Morgan fingerprint density at radius 2 is 1.83 bits per heavy atom. The second kappa shape index (κ2) is 8.93. The minimum Gasteiger partial charge on any atom is -0.423 e. The molecule has 1 aromatic carbocycles. The van der Waals surface area contributed by atoms with Crippen molar-refractivity contribution in [1.29, 1.82) is 0 Å². The van der Waals surface area contributed by atoms with Crippen molar-refractivity contribution in [3.63, 3.8) is 0 Å². The number of amides is 1. The van der Waals surface area contributed by atoms with Gasteiger partial charge in [-0.2, -0.15) is 13.2 Å². The Kier molecular flexibility index (Phi) is 6.33. The largest absolute Gasteiger partial charge is 0.423 e. The Morgan fingerprint density at radius 3 is 2.43 bits per heavy atom. The molecule has 1 unspecified atom stereocenters. The number of pyridine rings is 1. The summed E-state index contributed by atoms with van der Waals surface area (Å²) in [6.07, 6.45) is -2.74. The lowest BCUT2D eigenvalue weighted by atomic mass is 10.1. The Hall–Kier alpha value is -3.44. The predicted molar refractivity (Wildman–Crippen MR) is 99.9 cm³/mol. The van der Waals surface area contributed by atoms with Crippen LogP contribution in [0.4, 0.5) is 24.9 Å². The van der Waals surface area contributed by atoms with Crippen molar-refractivity contribution >= 4 is 17.6 Å². The lowest BCUT2D eigenvalue weighted by Crippen LogP contribution is -2.34. The average Bonchev–Trinajstić information content (AvgIpc) is 3.20. The van der Waals surface area contributed by atoms with Crippen LogP contribution in [0.3, 0.4) is 0 Å². The van der Waals surface area contributed by atoms with Crippen LogP contribution in [0.2, 0.25) is 0 Å². The normalized spacial score (nSPS) is 12.4. The Balaban J connectivity index is 1.62. The summed E-state index contributed by atoms with van der Waals surface area (Å²) in [6, 6.07) is 7.56. The first-order valence-corrected chi connectivity index (χ1v) is 8.70. The summed E-state index contributed by atoms with van der Waals surface area (Å²) in [5.41, 5.74) is 0.232. The molecular weight excluding hydrogens is 405 g/mol. The highest BCUT2D eigenvalue weighted by atomic mass is 19.4. The first-order chi connectivity index (χ1) is 14.3. The number of nitrogens with one attached hydrogen (secondary N) is 2. The summed E-state index contributed by atoms with van der Waals surface area (Å²) < 4.78 is 43.4. The van der Waals surface area contributed by atoms with Crippen molar-refractivity contribution < 1.29 is 32.6 Å². The third kappa shape index (κ3) is 5.33.